The summed E-state index contributed by atoms with van der Waals surface area (Å²) in [6, 6.07) is 9.16. The molecule has 0 bridgehead atoms. The maximum Gasteiger partial charge on any atom is 0.331 e. The van der Waals surface area contributed by atoms with E-state index < -0.39 is 74.0 Å². The molecule has 7 N–H and O–H groups in total. The molecule has 254 valence electrons. The van der Waals surface area contributed by atoms with Crippen LogP contribution in [0.4, 0.5) is 0 Å². The van der Waals surface area contributed by atoms with Crippen LogP contribution in [0.1, 0.15) is 18.1 Å². The molecule has 15 nitrogen and oxygen atoms in total. The van der Waals surface area contributed by atoms with Crippen molar-refractivity contribution in [3.63, 3.8) is 0 Å². The van der Waals surface area contributed by atoms with E-state index in [0.29, 0.717) is 16.9 Å². The van der Waals surface area contributed by atoms with Gasteiger partial charge in [0.1, 0.15) is 36.6 Å². The van der Waals surface area contributed by atoms with Gasteiger partial charge in [0.05, 0.1) is 33.5 Å². The van der Waals surface area contributed by atoms with Crippen LogP contribution >= 0.6 is 0 Å². The molecule has 0 aliphatic carbocycles. The molecule has 10 atom stereocenters. The number of hydrogen-bond acceptors (Lipinski definition) is 15. The number of aliphatic hydroxyl groups is 5. The maximum absolute atomic E-state index is 12.9. The van der Waals surface area contributed by atoms with Crippen LogP contribution in [0.5, 0.6) is 23.0 Å². The molecule has 0 aromatic heterocycles. The first-order valence-electron chi connectivity index (χ1n) is 14.5. The summed E-state index contributed by atoms with van der Waals surface area (Å²) < 4.78 is 38.6. The SMILES string of the molecule is COc1ccc(CCO[C@@H]2O[C@H](CO)[C@@H](OC(=O)/C=C/c3ccc(O)c(OC)c3)[C@@H](O[C@@H]3O[C@@H](C)[C@@H](O)[C@@H](O)[C@H]3O)[C@H]2O)cc1O. The Kier molecular flexibility index (Phi) is 12.2. The van der Waals surface area contributed by atoms with Crippen LogP contribution < -0.4 is 9.47 Å². The van der Waals surface area contributed by atoms with E-state index in [1.807, 2.05) is 0 Å². The van der Waals surface area contributed by atoms with Gasteiger partial charge in [-0.2, -0.15) is 0 Å². The highest BCUT2D eigenvalue weighted by molar-refractivity contribution is 5.87. The number of ether oxygens (including phenoxy) is 7. The number of phenolic OH excluding ortho intramolecular Hbond substituents is 2. The number of rotatable bonds is 12. The lowest BCUT2D eigenvalue weighted by Gasteiger charge is -2.46. The third-order valence-electron chi connectivity index (χ3n) is 7.68. The smallest absolute Gasteiger partial charge is 0.331 e. The molecular formula is C31H40O15. The first-order chi connectivity index (χ1) is 22.0. The Morgan fingerprint density at radius 3 is 2.26 bits per heavy atom. The predicted molar refractivity (Wildman–Crippen MR) is 157 cm³/mol. The van der Waals surface area contributed by atoms with E-state index in [1.165, 1.54) is 51.5 Å². The van der Waals surface area contributed by atoms with Crippen molar-refractivity contribution in [2.24, 2.45) is 0 Å². The predicted octanol–water partition coefficient (Wildman–Crippen LogP) is -0.410. The van der Waals surface area contributed by atoms with Gasteiger partial charge in [-0.25, -0.2) is 4.79 Å². The molecule has 0 spiro atoms. The number of methoxy groups -OCH3 is 2. The second-order valence-electron chi connectivity index (χ2n) is 10.8. The summed E-state index contributed by atoms with van der Waals surface area (Å²) in [5.41, 5.74) is 1.16. The van der Waals surface area contributed by atoms with Crippen molar-refractivity contribution < 1.29 is 73.7 Å². The second kappa shape index (κ2) is 15.9. The molecule has 2 aromatic rings. The minimum absolute atomic E-state index is 0.0217. The third-order valence-corrected chi connectivity index (χ3v) is 7.68. The van der Waals surface area contributed by atoms with E-state index >= 15 is 0 Å². The first kappa shape index (κ1) is 35.3. The molecule has 46 heavy (non-hydrogen) atoms. The van der Waals surface area contributed by atoms with Gasteiger partial charge in [-0.3, -0.25) is 0 Å². The summed E-state index contributed by atoms with van der Waals surface area (Å²) in [5.74, 6) is -0.625. The molecule has 0 unspecified atom stereocenters. The quantitative estimate of drug-likeness (QED) is 0.114. The number of hydrogen-bond donors (Lipinski definition) is 7. The van der Waals surface area contributed by atoms with Gasteiger partial charge < -0.3 is 68.9 Å². The van der Waals surface area contributed by atoms with E-state index in [0.717, 1.165) is 6.08 Å². The number of carbonyl (C=O) groups excluding carboxylic acids is 1. The Bertz CT molecular complexity index is 1340. The van der Waals surface area contributed by atoms with E-state index in [1.54, 1.807) is 12.1 Å². The number of aliphatic hydroxyl groups excluding tert-OH is 5. The normalized spacial score (nSPS) is 31.5. The van der Waals surface area contributed by atoms with Crippen molar-refractivity contribution in [1.29, 1.82) is 0 Å². The zero-order chi connectivity index (χ0) is 33.5. The first-order valence-corrected chi connectivity index (χ1v) is 14.5. The summed E-state index contributed by atoms with van der Waals surface area (Å²) in [4.78, 5) is 12.9. The molecule has 2 saturated heterocycles. The van der Waals surface area contributed by atoms with Crippen molar-refractivity contribution >= 4 is 12.0 Å². The zero-order valence-electron chi connectivity index (χ0n) is 25.4. The fraction of sp³-hybridized carbons (Fsp3) is 0.516. The summed E-state index contributed by atoms with van der Waals surface area (Å²) >= 11 is 0. The fourth-order valence-electron chi connectivity index (χ4n) is 5.08. The molecule has 15 heteroatoms. The maximum atomic E-state index is 12.9. The van der Waals surface area contributed by atoms with Crippen LogP contribution in [0.15, 0.2) is 42.5 Å². The fourth-order valence-corrected chi connectivity index (χ4v) is 5.08. The van der Waals surface area contributed by atoms with Crippen molar-refractivity contribution in [3.8, 4) is 23.0 Å². The number of carbonyl (C=O) groups is 1. The molecule has 2 aliphatic heterocycles. The average molecular weight is 653 g/mol. The van der Waals surface area contributed by atoms with Crippen LogP contribution in [-0.4, -0.2) is 131 Å². The standard InChI is InChI=1S/C31H40O15/c1-15-24(36)25(37)26(38)31(43-15)46-29-27(39)30(42-11-10-17-5-8-20(40-2)19(34)12-17)44-22(14-32)28(29)45-23(35)9-6-16-4-7-18(33)21(13-16)41-3/h4-9,12-13,15,22,24-34,36-39H,10-11,14H2,1-3H3/b9-6+/t15-,22+,24+,25+,26+,27+,28+,29-,30+,31-/m0/s1. The number of aromatic hydroxyl groups is 2. The summed E-state index contributed by atoms with van der Waals surface area (Å²) in [7, 11) is 2.79. The minimum atomic E-state index is -1.75. The highest BCUT2D eigenvalue weighted by atomic mass is 16.7. The zero-order valence-corrected chi connectivity index (χ0v) is 25.4. The van der Waals surface area contributed by atoms with Crippen LogP contribution in [0, 0.1) is 0 Å². The Balaban J connectivity index is 1.52. The lowest BCUT2D eigenvalue weighted by Crippen LogP contribution is -2.65. The van der Waals surface area contributed by atoms with E-state index in [9.17, 15) is 40.5 Å². The minimum Gasteiger partial charge on any atom is -0.504 e. The Hall–Kier alpha value is -3.51. The topological polar surface area (TPSA) is 223 Å². The highest BCUT2D eigenvalue weighted by Crippen LogP contribution is 2.32. The summed E-state index contributed by atoms with van der Waals surface area (Å²) in [5, 5.41) is 72.3. The molecular weight excluding hydrogens is 612 g/mol. The van der Waals surface area contributed by atoms with E-state index in [2.05, 4.69) is 0 Å². The molecule has 2 heterocycles. The molecule has 4 rings (SSSR count). The van der Waals surface area contributed by atoms with Crippen molar-refractivity contribution in [3.05, 3.63) is 53.6 Å². The molecule has 2 aromatic carbocycles. The highest BCUT2D eigenvalue weighted by Gasteiger charge is 2.52. The second-order valence-corrected chi connectivity index (χ2v) is 10.8. The summed E-state index contributed by atoms with van der Waals surface area (Å²) in [6.45, 7) is 0.712. The van der Waals surface area contributed by atoms with Crippen LogP contribution in [0.25, 0.3) is 6.08 Å². The summed E-state index contributed by atoms with van der Waals surface area (Å²) in [6.07, 6.45) is -12.1. The van der Waals surface area contributed by atoms with Gasteiger partial charge >= 0.3 is 5.97 Å². The Morgan fingerprint density at radius 2 is 1.59 bits per heavy atom. The van der Waals surface area contributed by atoms with E-state index in [4.69, 9.17) is 33.2 Å². The average Bonchev–Trinajstić information content (AvgIpc) is 3.04. The van der Waals surface area contributed by atoms with Crippen LogP contribution in [0.3, 0.4) is 0 Å². The molecule has 0 saturated carbocycles. The van der Waals surface area contributed by atoms with Crippen molar-refractivity contribution in [2.45, 2.75) is 74.8 Å². The molecule has 0 radical (unpaired) electrons. The van der Waals surface area contributed by atoms with E-state index in [-0.39, 0.29) is 30.3 Å². The van der Waals surface area contributed by atoms with Gasteiger partial charge in [0.25, 0.3) is 0 Å². The molecule has 2 aliphatic rings. The van der Waals surface area contributed by atoms with Gasteiger partial charge in [0.2, 0.25) is 0 Å². The van der Waals surface area contributed by atoms with Gasteiger partial charge in [0.15, 0.2) is 41.7 Å². The van der Waals surface area contributed by atoms with Gasteiger partial charge in [0, 0.05) is 6.08 Å². The van der Waals surface area contributed by atoms with Crippen molar-refractivity contribution in [2.75, 3.05) is 27.4 Å². The number of esters is 1. The van der Waals surface area contributed by atoms with Gasteiger partial charge in [-0.15, -0.1) is 0 Å². The van der Waals surface area contributed by atoms with Gasteiger partial charge in [-0.1, -0.05) is 12.1 Å². The Labute approximate surface area is 264 Å². The van der Waals surface area contributed by atoms with Gasteiger partial charge in [-0.05, 0) is 54.8 Å². The number of benzene rings is 2. The van der Waals surface area contributed by atoms with Crippen LogP contribution in [-0.2, 0) is 34.9 Å². The molecule has 2 fully saturated rings. The van der Waals surface area contributed by atoms with Crippen LogP contribution in [0.2, 0.25) is 0 Å². The lowest BCUT2D eigenvalue weighted by molar-refractivity contribution is -0.357. The lowest BCUT2D eigenvalue weighted by atomic mass is 9.97. The monoisotopic (exact) mass is 652 g/mol. The number of phenols is 2. The largest absolute Gasteiger partial charge is 0.504 e. The van der Waals surface area contributed by atoms with Crippen molar-refractivity contribution in [1.82, 2.24) is 0 Å². The Morgan fingerprint density at radius 1 is 0.848 bits per heavy atom. The molecule has 0 amide bonds. The third kappa shape index (κ3) is 8.25.